The van der Waals surface area contributed by atoms with E-state index in [1.165, 1.54) is 12.8 Å². The van der Waals surface area contributed by atoms with Gasteiger partial charge in [0, 0.05) is 5.70 Å². The summed E-state index contributed by atoms with van der Waals surface area (Å²) in [5, 5.41) is 0. The van der Waals surface area contributed by atoms with Crippen molar-refractivity contribution in [2.45, 2.75) is 17.2 Å². The molecule has 0 heterocycles. The lowest BCUT2D eigenvalue weighted by atomic mass is 10.2. The highest BCUT2D eigenvalue weighted by Crippen LogP contribution is 2.88. The van der Waals surface area contributed by atoms with Crippen LogP contribution in [0.3, 0.4) is 0 Å². The van der Waals surface area contributed by atoms with Crippen LogP contribution in [0.2, 0.25) is 0 Å². The van der Waals surface area contributed by atoms with Gasteiger partial charge in [0.2, 0.25) is 0 Å². The number of fused-ring (bicyclic) bond motifs is 1. The molecule has 0 aromatic rings. The maximum atomic E-state index is 7.75. The molecule has 1 heteroatoms. The van der Waals surface area contributed by atoms with Crippen LogP contribution in [0.5, 0.6) is 0 Å². The Bertz CT molecular complexity index is 149. The van der Waals surface area contributed by atoms with E-state index in [2.05, 4.69) is 15.9 Å². The fourth-order valence-electron chi connectivity index (χ4n) is 2.27. The Morgan fingerprint density at radius 3 is 2.14 bits per heavy atom. The number of halogens is 1. The predicted molar refractivity (Wildman–Crippen MR) is 31.4 cm³/mol. The number of hydrogen-bond donors (Lipinski definition) is 0. The molecule has 4 saturated carbocycles. The summed E-state index contributed by atoms with van der Waals surface area (Å²) in [6.07, 6.45) is 2.64. The molecule has 4 rings (SSSR count). The first-order valence-corrected chi connectivity index (χ1v) is 3.70. The summed E-state index contributed by atoms with van der Waals surface area (Å²) in [5.41, 5.74) is 0. The summed E-state index contributed by atoms with van der Waals surface area (Å²) in [5.74, 6) is 1.55. The van der Waals surface area contributed by atoms with E-state index in [1.54, 1.807) is 0 Å². The van der Waals surface area contributed by atoms with Crippen LogP contribution in [-0.4, -0.2) is 4.32 Å². The van der Waals surface area contributed by atoms with Crippen molar-refractivity contribution in [1.82, 2.24) is 0 Å². The molecule has 0 nitrogen and oxygen atoms in total. The summed E-state index contributed by atoms with van der Waals surface area (Å²) >= 11 is 3.62. The van der Waals surface area contributed by atoms with Gasteiger partial charge in [-0.05, 0) is 30.6 Å². The van der Waals surface area contributed by atoms with Gasteiger partial charge in [-0.1, -0.05) is 15.9 Å². The normalized spacial score (nSPS) is 93.6. The van der Waals surface area contributed by atoms with Gasteiger partial charge in [-0.15, -0.1) is 0 Å². The van der Waals surface area contributed by atoms with Crippen LogP contribution in [-0.2, 0) is 0 Å². The van der Waals surface area contributed by atoms with Gasteiger partial charge in [-0.2, -0.15) is 0 Å². The van der Waals surface area contributed by atoms with Crippen molar-refractivity contribution < 1.29 is 1.37 Å². The van der Waals surface area contributed by atoms with E-state index in [9.17, 15) is 0 Å². The number of hydrogen-bond acceptors (Lipinski definition) is 0. The average molecular weight is 160 g/mol. The first-order chi connectivity index (χ1) is 3.72. The molecule has 0 N–H and O–H groups in total. The molecular formula is C6H7Br. The molecule has 7 heavy (non-hydrogen) atoms. The maximum absolute atomic E-state index is 7.75. The van der Waals surface area contributed by atoms with Crippen molar-refractivity contribution in [3.05, 3.63) is 0 Å². The van der Waals surface area contributed by atoms with Crippen molar-refractivity contribution in [3.63, 3.8) is 0 Å². The highest BCUT2D eigenvalue weighted by molar-refractivity contribution is 9.10. The molecule has 4 aliphatic carbocycles. The van der Waals surface area contributed by atoms with E-state index in [4.69, 9.17) is 1.37 Å². The van der Waals surface area contributed by atoms with Crippen LogP contribution in [0.15, 0.2) is 0 Å². The zero-order valence-corrected chi connectivity index (χ0v) is 5.53. The van der Waals surface area contributed by atoms with Crippen LogP contribution < -0.4 is 0 Å². The zero-order chi connectivity index (χ0) is 5.57. The van der Waals surface area contributed by atoms with Crippen LogP contribution in [0.25, 0.3) is 0 Å². The summed E-state index contributed by atoms with van der Waals surface area (Å²) in [6, 6.07) is 0. The van der Waals surface area contributed by atoms with E-state index in [0.717, 1.165) is 11.8 Å². The Morgan fingerprint density at radius 2 is 2.00 bits per heavy atom. The lowest BCUT2D eigenvalue weighted by Gasteiger charge is -1.92. The Kier molecular flexibility index (Phi) is 0.260. The molecule has 0 aliphatic heterocycles. The molecular weight excluding hydrogens is 152 g/mol. The molecule has 0 radical (unpaired) electrons. The highest BCUT2D eigenvalue weighted by Gasteiger charge is 2.88. The van der Waals surface area contributed by atoms with Gasteiger partial charge in [0.1, 0.15) is 0 Å². The maximum Gasteiger partial charge on any atom is 0.0355 e. The monoisotopic (exact) mass is 159 g/mol. The summed E-state index contributed by atoms with van der Waals surface area (Å²) in [6.45, 7) is 0. The number of alkyl halides is 1. The molecule has 0 aromatic heterocycles. The van der Waals surface area contributed by atoms with Crippen molar-refractivity contribution in [3.8, 4) is 0 Å². The van der Waals surface area contributed by atoms with Gasteiger partial charge in [0.05, 0.1) is 0 Å². The number of rotatable bonds is 0. The zero-order valence-electron chi connectivity index (χ0n) is 4.95. The lowest BCUT2D eigenvalue weighted by Crippen LogP contribution is -1.92. The Labute approximate surface area is 52.8 Å². The van der Waals surface area contributed by atoms with E-state index in [0.29, 0.717) is 4.32 Å². The van der Waals surface area contributed by atoms with Gasteiger partial charge >= 0.3 is 0 Å². The SMILES string of the molecule is [2H]C12C3CCC1C32Br. The van der Waals surface area contributed by atoms with Gasteiger partial charge in [0.15, 0.2) is 0 Å². The molecule has 4 fully saturated rings. The molecule has 2 bridgehead atoms. The molecule has 4 aliphatic rings. The summed E-state index contributed by atoms with van der Waals surface area (Å²) < 4.78 is 8.11. The van der Waals surface area contributed by atoms with Crippen molar-refractivity contribution in [1.29, 1.82) is 0 Å². The third-order valence-corrected chi connectivity index (χ3v) is 4.35. The van der Waals surface area contributed by atoms with E-state index < -0.39 is 0 Å². The van der Waals surface area contributed by atoms with Gasteiger partial charge in [0.25, 0.3) is 0 Å². The van der Waals surface area contributed by atoms with Crippen LogP contribution in [0, 0.1) is 17.7 Å². The quantitative estimate of drug-likeness (QED) is 0.474. The fraction of sp³-hybridized carbons (Fsp3) is 1.00. The first-order valence-electron chi connectivity index (χ1n) is 3.41. The van der Waals surface area contributed by atoms with E-state index >= 15 is 0 Å². The minimum atomic E-state index is 0.0486. The smallest absolute Gasteiger partial charge is 0.0355 e. The Balaban J connectivity index is 2.18. The molecule has 0 spiro atoms. The van der Waals surface area contributed by atoms with Gasteiger partial charge in [-0.3, -0.25) is 0 Å². The topological polar surface area (TPSA) is 0 Å². The molecule has 2 atom stereocenters. The van der Waals surface area contributed by atoms with Crippen molar-refractivity contribution in [2.24, 2.45) is 17.7 Å². The summed E-state index contributed by atoms with van der Waals surface area (Å²) in [7, 11) is 0. The molecule has 38 valence electrons. The average Bonchev–Trinajstić information content (AvgIpc) is 2.39. The highest BCUT2D eigenvalue weighted by atomic mass is 79.9. The Morgan fingerprint density at radius 1 is 1.57 bits per heavy atom. The predicted octanol–water partition coefficient (Wildman–Crippen LogP) is 1.79. The van der Waals surface area contributed by atoms with Crippen LogP contribution in [0.4, 0.5) is 0 Å². The van der Waals surface area contributed by atoms with Crippen LogP contribution >= 0.6 is 15.9 Å². The molecule has 0 saturated heterocycles. The molecule has 2 unspecified atom stereocenters. The van der Waals surface area contributed by atoms with E-state index in [1.807, 2.05) is 0 Å². The third-order valence-electron chi connectivity index (χ3n) is 2.78. The molecule has 0 aromatic carbocycles. The van der Waals surface area contributed by atoms with Gasteiger partial charge in [-0.25, -0.2) is 0 Å². The second-order valence-corrected chi connectivity index (χ2v) is 4.22. The summed E-state index contributed by atoms with van der Waals surface area (Å²) in [4.78, 5) is 0. The third kappa shape index (κ3) is 0.172. The molecule has 0 amide bonds. The van der Waals surface area contributed by atoms with Crippen molar-refractivity contribution in [2.75, 3.05) is 0 Å². The largest absolute Gasteiger partial charge is 0.0844 e. The minimum absolute atomic E-state index is 0.0486. The lowest BCUT2D eigenvalue weighted by molar-refractivity contribution is 0.672. The first kappa shape index (κ1) is 2.86. The standard InChI is InChI=1S/C6H7Br/c7-6-3-1-2-4(6)5(3)6/h3-5H,1-2H2/i5D. The van der Waals surface area contributed by atoms with E-state index in [-0.39, 0.29) is 5.89 Å². The van der Waals surface area contributed by atoms with Crippen molar-refractivity contribution >= 4 is 15.9 Å². The second-order valence-electron chi connectivity index (χ2n) is 2.91. The Hall–Kier alpha value is 0.480. The second kappa shape index (κ2) is 0.637. The fourth-order valence-corrected chi connectivity index (χ4v) is 3.54. The van der Waals surface area contributed by atoms with Crippen LogP contribution in [0.1, 0.15) is 14.2 Å². The van der Waals surface area contributed by atoms with Gasteiger partial charge < -0.3 is 0 Å². The minimum Gasteiger partial charge on any atom is -0.0844 e.